The van der Waals surface area contributed by atoms with Gasteiger partial charge in [-0.05, 0) is 61.5 Å². The number of carbonyl (C=O) groups is 3. The van der Waals surface area contributed by atoms with E-state index in [-0.39, 0.29) is 16.2 Å². The molecule has 2 fully saturated rings. The molecule has 9 heteroatoms. The predicted octanol–water partition coefficient (Wildman–Crippen LogP) is 2.41. The lowest BCUT2D eigenvalue weighted by molar-refractivity contribution is -0.122. The molecule has 8 nitrogen and oxygen atoms in total. The van der Waals surface area contributed by atoms with E-state index in [2.05, 4.69) is 10.2 Å². The molecule has 2 aliphatic rings. The Balaban J connectivity index is 1.62. The van der Waals surface area contributed by atoms with E-state index in [0.717, 1.165) is 30.8 Å². The fourth-order valence-corrected chi connectivity index (χ4v) is 3.60. The molecule has 0 radical (unpaired) electrons. The van der Waals surface area contributed by atoms with Crippen molar-refractivity contribution in [2.45, 2.75) is 12.8 Å². The number of nitrogens with one attached hydrogen (secondary N) is 1. The second kappa shape index (κ2) is 7.51. The highest BCUT2D eigenvalue weighted by Crippen LogP contribution is 2.26. The Bertz CT molecular complexity index is 1030. The summed E-state index contributed by atoms with van der Waals surface area (Å²) in [5.41, 5.74) is 0.310. The van der Waals surface area contributed by atoms with Crippen LogP contribution in [0.15, 0.2) is 46.4 Å². The molecule has 2 aliphatic heterocycles. The maximum atomic E-state index is 13.0. The number of carboxylic acids is 1. The second-order valence-corrected chi connectivity index (χ2v) is 7.07. The number of nitrogens with zero attached hydrogens (tertiary/aromatic N) is 2. The molecule has 0 aliphatic carbocycles. The van der Waals surface area contributed by atoms with E-state index in [1.807, 2.05) is 6.07 Å². The maximum absolute atomic E-state index is 13.0. The second-order valence-electron chi connectivity index (χ2n) is 6.68. The van der Waals surface area contributed by atoms with E-state index in [1.165, 1.54) is 30.3 Å². The average Bonchev–Trinajstić information content (AvgIpc) is 3.37. The molecule has 148 valence electrons. The molecular weight excluding hydrogens is 394 g/mol. The Hall–Kier alpha value is -3.46. The molecule has 2 amide bonds. The highest BCUT2D eigenvalue weighted by Gasteiger charge is 2.34. The minimum atomic E-state index is -1.08. The van der Waals surface area contributed by atoms with Crippen LogP contribution in [0.3, 0.4) is 0 Å². The highest BCUT2D eigenvalue weighted by atomic mass is 32.1. The molecule has 1 aromatic carbocycles. The van der Waals surface area contributed by atoms with Gasteiger partial charge in [-0.25, -0.2) is 4.79 Å². The lowest BCUT2D eigenvalue weighted by atomic mass is 10.1. The van der Waals surface area contributed by atoms with Crippen LogP contribution in [-0.4, -0.2) is 41.1 Å². The number of benzene rings is 1. The van der Waals surface area contributed by atoms with Gasteiger partial charge in [-0.1, -0.05) is 0 Å². The third kappa shape index (κ3) is 3.64. The van der Waals surface area contributed by atoms with Gasteiger partial charge in [-0.2, -0.15) is 0 Å². The summed E-state index contributed by atoms with van der Waals surface area (Å²) in [6.45, 7) is 1.83. The summed E-state index contributed by atoms with van der Waals surface area (Å²) in [6, 6.07) is 9.17. The quantitative estimate of drug-likeness (QED) is 0.452. The number of rotatable bonds is 4. The van der Waals surface area contributed by atoms with Gasteiger partial charge in [-0.3, -0.25) is 19.8 Å². The van der Waals surface area contributed by atoms with Gasteiger partial charge in [0.2, 0.25) is 0 Å². The van der Waals surface area contributed by atoms with Crippen LogP contribution < -0.4 is 15.1 Å². The van der Waals surface area contributed by atoms with Gasteiger partial charge in [0.05, 0.1) is 11.3 Å². The summed E-state index contributed by atoms with van der Waals surface area (Å²) in [5, 5.41) is 11.4. The summed E-state index contributed by atoms with van der Waals surface area (Å²) >= 11 is 5.14. The molecular formula is C20H17N3O5S. The third-order valence-electron chi connectivity index (χ3n) is 4.79. The van der Waals surface area contributed by atoms with Gasteiger partial charge in [0.25, 0.3) is 11.8 Å². The number of aromatic carboxylic acids is 1. The Morgan fingerprint density at radius 3 is 2.45 bits per heavy atom. The number of anilines is 2. The van der Waals surface area contributed by atoms with Crippen molar-refractivity contribution in [2.24, 2.45) is 0 Å². The van der Waals surface area contributed by atoms with E-state index < -0.39 is 17.8 Å². The largest absolute Gasteiger partial charge is 0.478 e. The molecule has 0 bridgehead atoms. The molecule has 0 atom stereocenters. The topological polar surface area (TPSA) is 103 Å². The number of hydrogen-bond acceptors (Lipinski definition) is 6. The van der Waals surface area contributed by atoms with Crippen LogP contribution in [-0.2, 0) is 9.59 Å². The van der Waals surface area contributed by atoms with Gasteiger partial charge >= 0.3 is 5.97 Å². The lowest BCUT2D eigenvalue weighted by Crippen LogP contribution is -2.54. The minimum absolute atomic E-state index is 0.0718. The summed E-state index contributed by atoms with van der Waals surface area (Å²) < 4.78 is 5.78. The SMILES string of the molecule is O=C1NC(=S)N(c2ccc(C(=O)O)cc2)C(=O)/C1=C/c1ccc(N2CCCC2)o1. The fraction of sp³-hybridized carbons (Fsp3) is 0.200. The Morgan fingerprint density at radius 1 is 1.10 bits per heavy atom. The van der Waals surface area contributed by atoms with Crippen molar-refractivity contribution in [1.82, 2.24) is 5.32 Å². The number of carboxylic acid groups (broad SMARTS) is 1. The van der Waals surface area contributed by atoms with Crippen LogP contribution in [0.2, 0.25) is 0 Å². The number of furan rings is 1. The number of hydrogen-bond donors (Lipinski definition) is 2. The third-order valence-corrected chi connectivity index (χ3v) is 5.08. The van der Waals surface area contributed by atoms with Crippen LogP contribution >= 0.6 is 12.2 Å². The van der Waals surface area contributed by atoms with Crippen molar-refractivity contribution in [2.75, 3.05) is 22.9 Å². The summed E-state index contributed by atoms with van der Waals surface area (Å²) in [5.74, 6) is -1.21. The highest BCUT2D eigenvalue weighted by molar-refractivity contribution is 7.80. The summed E-state index contributed by atoms with van der Waals surface area (Å²) in [4.78, 5) is 39.6. The molecule has 0 spiro atoms. The van der Waals surface area contributed by atoms with Crippen molar-refractivity contribution in [3.63, 3.8) is 0 Å². The smallest absolute Gasteiger partial charge is 0.335 e. The first-order chi connectivity index (χ1) is 13.9. The van der Waals surface area contributed by atoms with E-state index in [0.29, 0.717) is 17.3 Å². The fourth-order valence-electron chi connectivity index (χ4n) is 3.31. The zero-order valence-electron chi connectivity index (χ0n) is 15.3. The van der Waals surface area contributed by atoms with Gasteiger partial charge in [0.1, 0.15) is 11.3 Å². The zero-order valence-corrected chi connectivity index (χ0v) is 16.1. The van der Waals surface area contributed by atoms with Gasteiger partial charge in [-0.15, -0.1) is 0 Å². The maximum Gasteiger partial charge on any atom is 0.335 e. The van der Waals surface area contributed by atoms with Crippen LogP contribution in [0, 0.1) is 0 Å². The van der Waals surface area contributed by atoms with Crippen molar-refractivity contribution in [3.05, 3.63) is 53.3 Å². The summed E-state index contributed by atoms with van der Waals surface area (Å²) in [7, 11) is 0. The molecule has 3 heterocycles. The van der Waals surface area contributed by atoms with Crippen LogP contribution in [0.25, 0.3) is 6.08 Å². The normalized spacial score (nSPS) is 18.5. The van der Waals surface area contributed by atoms with Crippen molar-refractivity contribution in [3.8, 4) is 0 Å². The standard InChI is InChI=1S/C20H17N3O5S/c24-17-15(11-14-7-8-16(28-14)22-9-1-2-10-22)18(25)23(20(29)21-17)13-5-3-12(4-6-13)19(26)27/h3-8,11H,1-2,9-10H2,(H,26,27)(H,21,24,29)/b15-11+. The number of carbonyl (C=O) groups excluding carboxylic acids is 2. The molecule has 2 N–H and O–H groups in total. The Labute approximate surface area is 171 Å². The van der Waals surface area contributed by atoms with Crippen molar-refractivity contribution in [1.29, 1.82) is 0 Å². The predicted molar refractivity (Wildman–Crippen MR) is 110 cm³/mol. The Morgan fingerprint density at radius 2 is 1.79 bits per heavy atom. The van der Waals surface area contributed by atoms with E-state index in [9.17, 15) is 14.4 Å². The van der Waals surface area contributed by atoms with Crippen molar-refractivity contribution >= 4 is 52.8 Å². The average molecular weight is 411 g/mol. The summed E-state index contributed by atoms with van der Waals surface area (Å²) in [6.07, 6.45) is 3.59. The van der Waals surface area contributed by atoms with Crippen LogP contribution in [0.4, 0.5) is 11.6 Å². The van der Waals surface area contributed by atoms with E-state index in [4.69, 9.17) is 21.7 Å². The van der Waals surface area contributed by atoms with Gasteiger partial charge in [0.15, 0.2) is 11.0 Å². The molecule has 29 heavy (non-hydrogen) atoms. The molecule has 1 aromatic heterocycles. The first-order valence-electron chi connectivity index (χ1n) is 9.03. The molecule has 2 saturated heterocycles. The van der Waals surface area contributed by atoms with Gasteiger partial charge < -0.3 is 14.4 Å². The van der Waals surface area contributed by atoms with E-state index in [1.54, 1.807) is 6.07 Å². The zero-order chi connectivity index (χ0) is 20.5. The molecule has 0 unspecified atom stereocenters. The first-order valence-corrected chi connectivity index (χ1v) is 9.44. The Kier molecular flexibility index (Phi) is 4.89. The minimum Gasteiger partial charge on any atom is -0.478 e. The van der Waals surface area contributed by atoms with E-state index >= 15 is 0 Å². The number of thiocarbonyl (C=S) groups is 1. The number of amides is 2. The van der Waals surface area contributed by atoms with Crippen LogP contribution in [0.1, 0.15) is 29.0 Å². The monoisotopic (exact) mass is 411 g/mol. The molecule has 2 aromatic rings. The molecule has 4 rings (SSSR count). The van der Waals surface area contributed by atoms with Crippen LogP contribution in [0.5, 0.6) is 0 Å². The lowest BCUT2D eigenvalue weighted by Gasteiger charge is -2.28. The van der Waals surface area contributed by atoms with Gasteiger partial charge in [0, 0.05) is 19.2 Å². The first kappa shape index (κ1) is 18.9. The van der Waals surface area contributed by atoms with Crippen molar-refractivity contribution < 1.29 is 23.9 Å². The molecule has 0 saturated carbocycles.